The molecule has 0 N–H and O–H groups in total. The normalized spacial score (nSPS) is 11.1. The fourth-order valence-electron chi connectivity index (χ4n) is 2.63. The first kappa shape index (κ1) is 19.7. The summed E-state index contributed by atoms with van der Waals surface area (Å²) in [7, 11) is 1.58. The number of thiazole rings is 1. The van der Waals surface area contributed by atoms with Gasteiger partial charge in [-0.25, -0.2) is 4.98 Å². The minimum atomic E-state index is -0.462. The molecule has 0 fully saturated rings. The molecule has 0 unspecified atom stereocenters. The number of nitrogens with zero attached hydrogens (tertiary/aromatic N) is 4. The average Bonchev–Trinajstić information content (AvgIpc) is 3.41. The second-order valence-corrected chi connectivity index (χ2v) is 8.09. The van der Waals surface area contributed by atoms with Crippen molar-refractivity contribution in [3.05, 3.63) is 81.2 Å². The van der Waals surface area contributed by atoms with Gasteiger partial charge in [-0.3, -0.25) is 14.9 Å². The highest BCUT2D eigenvalue weighted by Gasteiger charge is 2.21. The standard InChI is InChI=1S/C20H14N4O4S2/c1-28-14-7-9-16-17(11-14)30-20(22-16)23(19(25)13-5-3-2-4-6-13)21-12-15-8-10-18(29-15)24(26)27/h2-12H,1H3/b21-12+. The number of nitro groups is 1. The first-order chi connectivity index (χ1) is 14.5. The number of methoxy groups -OCH3 is 1. The molecule has 2 heterocycles. The van der Waals surface area contributed by atoms with Gasteiger partial charge < -0.3 is 4.74 Å². The number of anilines is 1. The lowest BCUT2D eigenvalue weighted by Crippen LogP contribution is -2.25. The maximum absolute atomic E-state index is 13.1. The highest BCUT2D eigenvalue weighted by atomic mass is 32.1. The molecule has 30 heavy (non-hydrogen) atoms. The van der Waals surface area contributed by atoms with E-state index >= 15 is 0 Å². The fraction of sp³-hybridized carbons (Fsp3) is 0.0500. The number of thiophene rings is 1. The Morgan fingerprint density at radius 2 is 1.97 bits per heavy atom. The van der Waals surface area contributed by atoms with Crippen LogP contribution in [0.2, 0.25) is 0 Å². The molecule has 10 heteroatoms. The van der Waals surface area contributed by atoms with Crippen molar-refractivity contribution in [1.82, 2.24) is 4.98 Å². The number of aromatic nitrogens is 1. The van der Waals surface area contributed by atoms with Crippen LogP contribution in [0.5, 0.6) is 5.75 Å². The number of amides is 1. The number of ether oxygens (including phenoxy) is 1. The van der Waals surface area contributed by atoms with E-state index in [4.69, 9.17) is 4.74 Å². The van der Waals surface area contributed by atoms with Crippen molar-refractivity contribution in [3.63, 3.8) is 0 Å². The number of hydrogen-bond donors (Lipinski definition) is 0. The molecule has 0 saturated heterocycles. The number of hydrogen-bond acceptors (Lipinski definition) is 8. The summed E-state index contributed by atoms with van der Waals surface area (Å²) >= 11 is 2.27. The smallest absolute Gasteiger partial charge is 0.324 e. The topological polar surface area (TPSA) is 97.9 Å². The summed E-state index contributed by atoms with van der Waals surface area (Å²) in [5, 5.41) is 16.8. The number of fused-ring (bicyclic) bond motifs is 1. The molecule has 8 nitrogen and oxygen atoms in total. The predicted octanol–water partition coefficient (Wildman–Crippen LogP) is 4.96. The number of rotatable bonds is 6. The van der Waals surface area contributed by atoms with Crippen molar-refractivity contribution in [2.45, 2.75) is 0 Å². The van der Waals surface area contributed by atoms with Gasteiger partial charge in [0.2, 0.25) is 5.13 Å². The van der Waals surface area contributed by atoms with Crippen LogP contribution in [0.15, 0.2) is 65.8 Å². The van der Waals surface area contributed by atoms with Gasteiger partial charge in [0.1, 0.15) is 5.75 Å². The maximum Gasteiger partial charge on any atom is 0.324 e. The molecule has 0 bridgehead atoms. The second kappa shape index (κ2) is 8.39. The molecule has 0 aliphatic heterocycles. The molecule has 150 valence electrons. The lowest BCUT2D eigenvalue weighted by molar-refractivity contribution is -0.380. The molecule has 0 aliphatic rings. The van der Waals surface area contributed by atoms with Gasteiger partial charge in [0.15, 0.2) is 0 Å². The molecule has 0 spiro atoms. The molecule has 4 rings (SSSR count). The molecular weight excluding hydrogens is 424 g/mol. The minimum Gasteiger partial charge on any atom is -0.497 e. The van der Waals surface area contributed by atoms with E-state index in [1.165, 1.54) is 28.6 Å². The lowest BCUT2D eigenvalue weighted by atomic mass is 10.2. The van der Waals surface area contributed by atoms with Crippen LogP contribution in [0.25, 0.3) is 10.2 Å². The third-order valence-electron chi connectivity index (χ3n) is 4.07. The highest BCUT2D eigenvalue weighted by molar-refractivity contribution is 7.22. The van der Waals surface area contributed by atoms with Crippen molar-refractivity contribution < 1.29 is 14.5 Å². The predicted molar refractivity (Wildman–Crippen MR) is 118 cm³/mol. The largest absolute Gasteiger partial charge is 0.497 e. The number of carbonyl (C=O) groups is 1. The number of carbonyl (C=O) groups excluding carboxylic acids is 1. The van der Waals surface area contributed by atoms with E-state index in [1.807, 2.05) is 18.2 Å². The monoisotopic (exact) mass is 438 g/mol. The van der Waals surface area contributed by atoms with E-state index in [-0.39, 0.29) is 10.9 Å². The lowest BCUT2D eigenvalue weighted by Gasteiger charge is -2.13. The molecule has 0 radical (unpaired) electrons. The van der Waals surface area contributed by atoms with Gasteiger partial charge in [0.05, 0.1) is 33.3 Å². The zero-order valence-corrected chi connectivity index (χ0v) is 17.2. The van der Waals surface area contributed by atoms with E-state index in [0.717, 1.165) is 16.0 Å². The van der Waals surface area contributed by atoms with Gasteiger partial charge in [0, 0.05) is 11.6 Å². The first-order valence-electron chi connectivity index (χ1n) is 8.67. The Morgan fingerprint density at radius 3 is 2.67 bits per heavy atom. The molecule has 0 saturated carbocycles. The first-order valence-corrected chi connectivity index (χ1v) is 10.3. The third kappa shape index (κ3) is 4.04. The molecule has 4 aromatic rings. The third-order valence-corrected chi connectivity index (χ3v) is 6.04. The average molecular weight is 438 g/mol. The van der Waals surface area contributed by atoms with Gasteiger partial charge in [-0.15, -0.1) is 0 Å². The van der Waals surface area contributed by atoms with E-state index in [1.54, 1.807) is 43.5 Å². The van der Waals surface area contributed by atoms with E-state index in [9.17, 15) is 14.9 Å². The van der Waals surface area contributed by atoms with Gasteiger partial charge in [-0.05, 0) is 36.4 Å². The Bertz CT molecular complexity index is 1250. The Hall–Kier alpha value is -3.63. The van der Waals surface area contributed by atoms with Crippen LogP contribution in [-0.4, -0.2) is 29.1 Å². The highest BCUT2D eigenvalue weighted by Crippen LogP contribution is 2.32. The van der Waals surface area contributed by atoms with Gasteiger partial charge in [-0.2, -0.15) is 10.1 Å². The van der Waals surface area contributed by atoms with Crippen molar-refractivity contribution in [3.8, 4) is 5.75 Å². The SMILES string of the molecule is COc1ccc2nc(N(/N=C/c3ccc([N+](=O)[O-])s3)C(=O)c3ccccc3)sc2c1. The summed E-state index contributed by atoms with van der Waals surface area (Å²) in [5.41, 5.74) is 1.16. The van der Waals surface area contributed by atoms with E-state index in [0.29, 0.717) is 26.8 Å². The van der Waals surface area contributed by atoms with Crippen LogP contribution in [0.3, 0.4) is 0 Å². The number of hydrazone groups is 1. The Balaban J connectivity index is 1.74. The maximum atomic E-state index is 13.1. The van der Waals surface area contributed by atoms with Crippen molar-refractivity contribution >= 4 is 55.1 Å². The summed E-state index contributed by atoms with van der Waals surface area (Å²) in [4.78, 5) is 28.7. The van der Waals surface area contributed by atoms with Crippen LogP contribution in [0, 0.1) is 10.1 Å². The van der Waals surface area contributed by atoms with E-state index < -0.39 is 4.92 Å². The van der Waals surface area contributed by atoms with Crippen LogP contribution in [0.1, 0.15) is 15.2 Å². The van der Waals surface area contributed by atoms with Crippen LogP contribution < -0.4 is 9.75 Å². The summed E-state index contributed by atoms with van der Waals surface area (Å²) in [5.74, 6) is 0.331. The molecule has 0 aliphatic carbocycles. The Kier molecular flexibility index (Phi) is 5.50. The molecule has 2 aromatic carbocycles. The number of benzene rings is 2. The van der Waals surface area contributed by atoms with Crippen molar-refractivity contribution in [1.29, 1.82) is 0 Å². The zero-order chi connectivity index (χ0) is 21.1. The quantitative estimate of drug-likeness (QED) is 0.241. The summed E-state index contributed by atoms with van der Waals surface area (Å²) < 4.78 is 6.10. The molecule has 0 atom stereocenters. The fourth-order valence-corrected chi connectivity index (χ4v) is 4.26. The Labute approximate surface area is 178 Å². The summed E-state index contributed by atoms with van der Waals surface area (Å²) in [6.45, 7) is 0. The second-order valence-electron chi connectivity index (χ2n) is 5.99. The van der Waals surface area contributed by atoms with Crippen LogP contribution in [-0.2, 0) is 0 Å². The molecule has 1 amide bonds. The summed E-state index contributed by atoms with van der Waals surface area (Å²) in [6.07, 6.45) is 1.42. The van der Waals surface area contributed by atoms with Crippen LogP contribution in [0.4, 0.5) is 10.1 Å². The van der Waals surface area contributed by atoms with Crippen LogP contribution >= 0.6 is 22.7 Å². The molecule has 2 aromatic heterocycles. The zero-order valence-electron chi connectivity index (χ0n) is 15.6. The van der Waals surface area contributed by atoms with Gasteiger partial charge >= 0.3 is 5.00 Å². The Morgan fingerprint density at radius 1 is 1.17 bits per heavy atom. The minimum absolute atomic E-state index is 0.00414. The van der Waals surface area contributed by atoms with Gasteiger partial charge in [0.25, 0.3) is 5.91 Å². The summed E-state index contributed by atoms with van der Waals surface area (Å²) in [6, 6.07) is 17.2. The van der Waals surface area contributed by atoms with Gasteiger partial charge in [-0.1, -0.05) is 40.9 Å². The van der Waals surface area contributed by atoms with Crippen molar-refractivity contribution in [2.24, 2.45) is 5.10 Å². The van der Waals surface area contributed by atoms with Crippen molar-refractivity contribution in [2.75, 3.05) is 12.1 Å². The molecular formula is C20H14N4O4S2. The van der Waals surface area contributed by atoms with E-state index in [2.05, 4.69) is 10.1 Å².